The topological polar surface area (TPSA) is 25.2 Å². The maximum Gasteiger partial charge on any atom is 0.255 e. The van der Waals surface area contributed by atoms with Gasteiger partial charge >= 0.3 is 0 Å². The van der Waals surface area contributed by atoms with Gasteiger partial charge in [-0.3, -0.25) is 4.79 Å². The third-order valence-electron chi connectivity index (χ3n) is 7.29. The minimum Gasteiger partial charge on any atom is -0.343 e. The van der Waals surface area contributed by atoms with Gasteiger partial charge in [-0.15, -0.1) is 0 Å². The van der Waals surface area contributed by atoms with Crippen molar-refractivity contribution < 1.29 is 4.79 Å². The lowest BCUT2D eigenvalue weighted by atomic mass is 9.93. The van der Waals surface area contributed by atoms with Crippen molar-refractivity contribution in [1.29, 1.82) is 0 Å². The predicted octanol–water partition coefficient (Wildman–Crippen LogP) is 6.94. The third kappa shape index (κ3) is 3.55. The highest BCUT2D eigenvalue weighted by Crippen LogP contribution is 2.46. The van der Waals surface area contributed by atoms with Gasteiger partial charge in [-0.25, -0.2) is 0 Å². The minimum absolute atomic E-state index is 0.115. The quantitative estimate of drug-likeness (QED) is 0.281. The highest BCUT2D eigenvalue weighted by molar-refractivity contribution is 6.02. The van der Waals surface area contributed by atoms with Gasteiger partial charge in [0.25, 0.3) is 5.91 Å². The summed E-state index contributed by atoms with van der Waals surface area (Å²) in [6, 6.07) is 35.7. The number of carbonyl (C=O) groups is 1. The molecule has 6 rings (SSSR count). The number of benzene rings is 4. The molecule has 2 heterocycles. The largest absolute Gasteiger partial charge is 0.343 e. The van der Waals surface area contributed by atoms with E-state index in [9.17, 15) is 4.79 Å². The van der Waals surface area contributed by atoms with Gasteiger partial charge in [0, 0.05) is 35.6 Å². The van der Waals surface area contributed by atoms with Gasteiger partial charge in [-0.2, -0.15) is 0 Å². The molecule has 3 nitrogen and oxygen atoms in total. The van der Waals surface area contributed by atoms with E-state index < -0.39 is 0 Å². The van der Waals surface area contributed by atoms with E-state index >= 15 is 0 Å². The summed E-state index contributed by atoms with van der Waals surface area (Å²) < 4.78 is 2.29. The number of hydrogen-bond acceptors (Lipinski definition) is 1. The molecule has 0 N–H and O–H groups in total. The molecule has 0 bridgehead atoms. The van der Waals surface area contributed by atoms with Gasteiger partial charge in [0.05, 0.1) is 11.7 Å². The molecule has 0 unspecified atom stereocenters. The van der Waals surface area contributed by atoms with Crippen molar-refractivity contribution in [2.24, 2.45) is 7.05 Å². The molecule has 1 aliphatic rings. The Hall–Kier alpha value is -4.11. The zero-order chi connectivity index (χ0) is 23.9. The van der Waals surface area contributed by atoms with Crippen LogP contribution in [0.3, 0.4) is 0 Å². The van der Waals surface area contributed by atoms with Crippen LogP contribution in [0.1, 0.15) is 38.7 Å². The molecule has 3 heteroatoms. The van der Waals surface area contributed by atoms with Crippen molar-refractivity contribution in [1.82, 2.24) is 9.47 Å². The standard InChI is InChI=1S/C32H28N2O/c1-22-16-18-24(19-17-22)30-29(27-14-8-9-15-28(27)33(30)2)31-25-12-6-7-13-26(25)32(35)34(31)21-20-23-10-4-3-5-11-23/h3-19,31H,20-21H2,1-2H3/t31-/m0/s1. The zero-order valence-electron chi connectivity index (χ0n) is 20.1. The van der Waals surface area contributed by atoms with Gasteiger partial charge < -0.3 is 9.47 Å². The fraction of sp³-hybridized carbons (Fsp3) is 0.156. The smallest absolute Gasteiger partial charge is 0.255 e. The van der Waals surface area contributed by atoms with Gasteiger partial charge in [0.2, 0.25) is 0 Å². The van der Waals surface area contributed by atoms with Crippen LogP contribution in [0.5, 0.6) is 0 Å². The lowest BCUT2D eigenvalue weighted by molar-refractivity contribution is 0.0753. The number of carbonyl (C=O) groups excluding carboxylic acids is 1. The van der Waals surface area contributed by atoms with Crippen molar-refractivity contribution in [2.45, 2.75) is 19.4 Å². The van der Waals surface area contributed by atoms with Gasteiger partial charge in [-0.1, -0.05) is 96.6 Å². The number of fused-ring (bicyclic) bond motifs is 2. The molecule has 1 amide bonds. The molecule has 0 aliphatic carbocycles. The Morgan fingerprint density at radius 3 is 2.26 bits per heavy atom. The Balaban J connectivity index is 1.56. The van der Waals surface area contributed by atoms with Crippen molar-refractivity contribution in [3.8, 4) is 11.3 Å². The summed E-state index contributed by atoms with van der Waals surface area (Å²) in [4.78, 5) is 15.8. The van der Waals surface area contributed by atoms with Crippen LogP contribution in [0.4, 0.5) is 0 Å². The molecule has 1 atom stereocenters. The molecule has 1 aliphatic heterocycles. The first-order chi connectivity index (χ1) is 17.1. The summed E-state index contributed by atoms with van der Waals surface area (Å²) in [6.45, 7) is 2.78. The van der Waals surface area contributed by atoms with Crippen LogP contribution in [0.2, 0.25) is 0 Å². The molecular weight excluding hydrogens is 428 g/mol. The van der Waals surface area contributed by atoms with Crippen LogP contribution in [-0.2, 0) is 13.5 Å². The number of amides is 1. The number of aryl methyl sites for hydroxylation is 2. The molecule has 5 aromatic rings. The Morgan fingerprint density at radius 2 is 1.46 bits per heavy atom. The molecule has 0 spiro atoms. The van der Waals surface area contributed by atoms with Crippen LogP contribution >= 0.6 is 0 Å². The normalized spacial score (nSPS) is 15.1. The first kappa shape index (κ1) is 21.4. The maximum atomic E-state index is 13.8. The lowest BCUT2D eigenvalue weighted by Gasteiger charge is -2.27. The Morgan fingerprint density at radius 1 is 0.771 bits per heavy atom. The Bertz CT molecular complexity index is 1530. The summed E-state index contributed by atoms with van der Waals surface area (Å²) in [7, 11) is 2.14. The second kappa shape index (κ2) is 8.59. The van der Waals surface area contributed by atoms with Crippen molar-refractivity contribution in [2.75, 3.05) is 6.54 Å². The summed E-state index contributed by atoms with van der Waals surface area (Å²) in [5.41, 5.74) is 9.11. The first-order valence-corrected chi connectivity index (χ1v) is 12.2. The molecule has 4 aromatic carbocycles. The summed E-state index contributed by atoms with van der Waals surface area (Å²) in [5.74, 6) is 0.115. The summed E-state index contributed by atoms with van der Waals surface area (Å²) in [6.07, 6.45) is 0.821. The average molecular weight is 457 g/mol. The minimum atomic E-state index is -0.134. The second-order valence-electron chi connectivity index (χ2n) is 9.43. The molecule has 172 valence electrons. The monoisotopic (exact) mass is 456 g/mol. The van der Waals surface area contributed by atoms with Crippen LogP contribution in [0.25, 0.3) is 22.2 Å². The van der Waals surface area contributed by atoms with Crippen LogP contribution < -0.4 is 0 Å². The third-order valence-corrected chi connectivity index (χ3v) is 7.29. The Labute approximate surface area is 206 Å². The van der Waals surface area contributed by atoms with Crippen LogP contribution in [0.15, 0.2) is 103 Å². The summed E-state index contributed by atoms with van der Waals surface area (Å²) >= 11 is 0. The summed E-state index contributed by atoms with van der Waals surface area (Å²) in [5, 5.41) is 1.20. The fourth-order valence-electron chi connectivity index (χ4n) is 5.57. The molecule has 1 aromatic heterocycles. The van der Waals surface area contributed by atoms with Gasteiger partial charge in [0.15, 0.2) is 0 Å². The van der Waals surface area contributed by atoms with E-state index in [4.69, 9.17) is 0 Å². The number of aromatic nitrogens is 1. The molecule has 0 saturated heterocycles. The van der Waals surface area contributed by atoms with E-state index in [1.165, 1.54) is 38.9 Å². The number of hydrogen-bond donors (Lipinski definition) is 0. The van der Waals surface area contributed by atoms with E-state index in [0.29, 0.717) is 6.54 Å². The predicted molar refractivity (Wildman–Crippen MR) is 143 cm³/mol. The maximum absolute atomic E-state index is 13.8. The van der Waals surface area contributed by atoms with Crippen molar-refractivity contribution in [3.63, 3.8) is 0 Å². The highest BCUT2D eigenvalue weighted by Gasteiger charge is 2.40. The zero-order valence-corrected chi connectivity index (χ0v) is 20.1. The van der Waals surface area contributed by atoms with E-state index in [2.05, 4.69) is 108 Å². The number of para-hydroxylation sites is 1. The Kier molecular flexibility index (Phi) is 5.26. The van der Waals surface area contributed by atoms with Crippen molar-refractivity contribution in [3.05, 3.63) is 131 Å². The molecular formula is C32H28N2O. The van der Waals surface area contributed by atoms with E-state index in [-0.39, 0.29) is 11.9 Å². The van der Waals surface area contributed by atoms with Crippen LogP contribution in [-0.4, -0.2) is 21.9 Å². The molecule has 0 radical (unpaired) electrons. The highest BCUT2D eigenvalue weighted by atomic mass is 16.2. The number of rotatable bonds is 5. The first-order valence-electron chi connectivity index (χ1n) is 12.2. The van der Waals surface area contributed by atoms with Gasteiger partial charge in [-0.05, 0) is 42.2 Å². The molecule has 35 heavy (non-hydrogen) atoms. The van der Waals surface area contributed by atoms with E-state index in [1.54, 1.807) is 0 Å². The molecule has 0 saturated carbocycles. The van der Waals surface area contributed by atoms with E-state index in [0.717, 1.165) is 17.5 Å². The molecule has 0 fully saturated rings. The lowest BCUT2D eigenvalue weighted by Crippen LogP contribution is -2.31. The van der Waals surface area contributed by atoms with Crippen LogP contribution in [0, 0.1) is 6.92 Å². The average Bonchev–Trinajstić information content (AvgIpc) is 3.34. The van der Waals surface area contributed by atoms with Gasteiger partial charge in [0.1, 0.15) is 0 Å². The second-order valence-corrected chi connectivity index (χ2v) is 9.43. The SMILES string of the molecule is Cc1ccc(-c2c([C@@H]3c4ccccc4C(=O)N3CCc3ccccc3)c3ccccc3n2C)cc1. The van der Waals surface area contributed by atoms with Crippen molar-refractivity contribution >= 4 is 16.8 Å². The fourth-order valence-corrected chi connectivity index (χ4v) is 5.57. The van der Waals surface area contributed by atoms with E-state index in [1.807, 2.05) is 18.2 Å². The number of nitrogens with zero attached hydrogens (tertiary/aromatic N) is 2.